The maximum atomic E-state index is 11.0. The van der Waals surface area contributed by atoms with Crippen LogP contribution in [0, 0.1) is 10.8 Å². The van der Waals surface area contributed by atoms with E-state index in [1.807, 2.05) is 50.3 Å². The Bertz CT molecular complexity index is 2180. The summed E-state index contributed by atoms with van der Waals surface area (Å²) in [6.45, 7) is 33.7. The number of allylic oxidation sites excluding steroid dienone is 40. The van der Waals surface area contributed by atoms with Crippen LogP contribution >= 0.6 is 0 Å². The molecule has 0 heterocycles. The summed E-state index contributed by atoms with van der Waals surface area (Å²) in [5.41, 5.74) is 16.0. The Morgan fingerprint density at radius 2 is 0.574 bits per heavy atom. The van der Waals surface area contributed by atoms with Gasteiger partial charge in [-0.15, -0.1) is 0 Å². The fraction of sp³-hybridized carbons (Fsp3) is 0.364. The van der Waals surface area contributed by atoms with Crippen LogP contribution in [0.1, 0.15) is 149 Å². The second-order valence-corrected chi connectivity index (χ2v) is 19.9. The van der Waals surface area contributed by atoms with Crippen LogP contribution < -0.4 is 0 Å². The molecule has 0 saturated heterocycles. The molecule has 364 valence electrons. The van der Waals surface area contributed by atoms with Crippen LogP contribution in [0.5, 0.6) is 0 Å². The van der Waals surface area contributed by atoms with Gasteiger partial charge in [0.15, 0.2) is 11.6 Å². The van der Waals surface area contributed by atoms with Gasteiger partial charge in [-0.05, 0) is 156 Å². The van der Waals surface area contributed by atoms with Gasteiger partial charge in [0, 0.05) is 0 Å². The van der Waals surface area contributed by atoms with Crippen LogP contribution in [0.25, 0.3) is 0 Å². The SMILES string of the molecule is CC(=O)/C=C/C(C)=C/C=C/C(C)=C/C=C/C=C(C)/C=C/C=C(C)/C=C/C1=C(C)CCCC1(C)C.CC(=O)/C=C/C(C)=C/C=C/C(C)=C/C=C/C=C(C)/C=C/C=C(C)/C=C/C1=C(C)CCCC1(C)C. The van der Waals surface area contributed by atoms with Gasteiger partial charge in [0.25, 0.3) is 0 Å². The predicted octanol–water partition coefficient (Wildman–Crippen LogP) is 19.3. The second-order valence-electron chi connectivity index (χ2n) is 19.9. The van der Waals surface area contributed by atoms with Gasteiger partial charge in [0.1, 0.15) is 0 Å². The molecule has 2 rings (SSSR count). The Labute approximate surface area is 416 Å². The van der Waals surface area contributed by atoms with Gasteiger partial charge >= 0.3 is 0 Å². The van der Waals surface area contributed by atoms with E-state index in [1.165, 1.54) is 83.1 Å². The number of hydrogen-bond acceptors (Lipinski definition) is 2. The van der Waals surface area contributed by atoms with Crippen LogP contribution in [0.3, 0.4) is 0 Å². The summed E-state index contributed by atoms with van der Waals surface area (Å²) in [4.78, 5) is 21.9. The average molecular weight is 913 g/mol. The van der Waals surface area contributed by atoms with E-state index >= 15 is 0 Å². The second kappa shape index (κ2) is 32.8. The van der Waals surface area contributed by atoms with Crippen molar-refractivity contribution in [2.24, 2.45) is 10.8 Å². The molecule has 0 aromatic carbocycles. The molecule has 0 radical (unpaired) electrons. The van der Waals surface area contributed by atoms with Gasteiger partial charge in [-0.25, -0.2) is 0 Å². The van der Waals surface area contributed by atoms with Crippen molar-refractivity contribution in [2.75, 3.05) is 0 Å². The van der Waals surface area contributed by atoms with Crippen molar-refractivity contribution < 1.29 is 9.59 Å². The fourth-order valence-electron chi connectivity index (χ4n) is 7.63. The molecule has 68 heavy (non-hydrogen) atoms. The summed E-state index contributed by atoms with van der Waals surface area (Å²) in [5, 5.41) is 0. The molecule has 0 saturated carbocycles. The summed E-state index contributed by atoms with van der Waals surface area (Å²) in [6.07, 6.45) is 65.1. The zero-order valence-corrected chi connectivity index (χ0v) is 45.2. The first kappa shape index (κ1) is 60.2. The maximum absolute atomic E-state index is 11.0. The zero-order chi connectivity index (χ0) is 51.1. The lowest BCUT2D eigenvalue weighted by Gasteiger charge is -2.33. The summed E-state index contributed by atoms with van der Waals surface area (Å²) < 4.78 is 0. The van der Waals surface area contributed by atoms with Crippen molar-refractivity contribution in [2.45, 2.75) is 149 Å². The highest BCUT2D eigenvalue weighted by atomic mass is 16.1. The van der Waals surface area contributed by atoms with Crippen LogP contribution in [0.4, 0.5) is 0 Å². The first-order valence-electron chi connectivity index (χ1n) is 24.6. The largest absolute Gasteiger partial charge is 0.295 e. The van der Waals surface area contributed by atoms with Crippen LogP contribution in [0.15, 0.2) is 237 Å². The van der Waals surface area contributed by atoms with E-state index in [2.05, 4.69) is 205 Å². The van der Waals surface area contributed by atoms with Crippen LogP contribution in [0.2, 0.25) is 0 Å². The molecule has 0 N–H and O–H groups in total. The number of hydrogen-bond donors (Lipinski definition) is 0. The van der Waals surface area contributed by atoms with Gasteiger partial charge in [0.2, 0.25) is 0 Å². The van der Waals surface area contributed by atoms with Gasteiger partial charge in [0.05, 0.1) is 0 Å². The number of ketones is 2. The minimum Gasteiger partial charge on any atom is -0.295 e. The molecule has 0 unspecified atom stereocenters. The molecule has 0 fully saturated rings. The average Bonchev–Trinajstić information content (AvgIpc) is 3.24. The standard InChI is InChI=1S/2C33H44O/c2*1-26(16-11-18-28(3)21-23-31(6)34)14-9-10-15-27(2)17-12-19-29(4)22-24-32-30(5)20-13-25-33(32,7)8/h2*9-12,14-19,21-24H,13,20,25H2,1-8H3/b2*10-9+,16-11+,17-12+,23-21+,24-22+,26-14+,27-15+,28-18+,29-19+. The lowest BCUT2D eigenvalue weighted by atomic mass is 9.72. The van der Waals surface area contributed by atoms with Gasteiger partial charge < -0.3 is 0 Å². The molecule has 2 heteroatoms. The minimum absolute atomic E-state index is 0.0610. The van der Waals surface area contributed by atoms with Crippen molar-refractivity contribution >= 4 is 11.6 Å². The van der Waals surface area contributed by atoms with Crippen molar-refractivity contribution in [3.05, 3.63) is 237 Å². The first-order valence-corrected chi connectivity index (χ1v) is 24.6. The van der Waals surface area contributed by atoms with Crippen molar-refractivity contribution in [1.82, 2.24) is 0 Å². The minimum atomic E-state index is 0.0610. The molecule has 0 spiro atoms. The number of carbonyl (C=O) groups excluding carboxylic acids is 2. The fourth-order valence-corrected chi connectivity index (χ4v) is 7.63. The molecule has 0 amide bonds. The van der Waals surface area contributed by atoms with Crippen molar-refractivity contribution in [1.29, 1.82) is 0 Å². The van der Waals surface area contributed by atoms with Crippen molar-refractivity contribution in [3.8, 4) is 0 Å². The van der Waals surface area contributed by atoms with E-state index in [0.717, 1.165) is 22.3 Å². The molecule has 2 nitrogen and oxygen atoms in total. The van der Waals surface area contributed by atoms with Gasteiger partial charge in [-0.3, -0.25) is 9.59 Å². The molecular weight excluding hydrogens is 825 g/mol. The normalized spacial score (nSPS) is 19.2. The Morgan fingerprint density at radius 3 is 0.824 bits per heavy atom. The highest BCUT2D eigenvalue weighted by Gasteiger charge is 2.27. The third-order valence-electron chi connectivity index (χ3n) is 11.8. The van der Waals surface area contributed by atoms with E-state index in [-0.39, 0.29) is 22.4 Å². The Hall–Kier alpha value is -5.86. The summed E-state index contributed by atoms with van der Waals surface area (Å²) in [7, 11) is 0. The van der Waals surface area contributed by atoms with E-state index in [4.69, 9.17) is 0 Å². The first-order chi connectivity index (χ1) is 32.0. The Morgan fingerprint density at radius 1 is 0.338 bits per heavy atom. The lowest BCUT2D eigenvalue weighted by Crippen LogP contribution is -2.19. The molecule has 0 atom stereocenters. The quantitative estimate of drug-likeness (QED) is 0.0901. The van der Waals surface area contributed by atoms with Crippen LogP contribution in [-0.2, 0) is 9.59 Å². The van der Waals surface area contributed by atoms with E-state index in [9.17, 15) is 9.59 Å². The van der Waals surface area contributed by atoms with Gasteiger partial charge in [-0.2, -0.15) is 0 Å². The summed E-state index contributed by atoms with van der Waals surface area (Å²) in [6, 6.07) is 0. The molecule has 2 aliphatic carbocycles. The van der Waals surface area contributed by atoms with E-state index in [0.29, 0.717) is 0 Å². The van der Waals surface area contributed by atoms with Gasteiger partial charge in [-0.1, -0.05) is 241 Å². The molecule has 0 aromatic heterocycles. The topological polar surface area (TPSA) is 34.1 Å². The summed E-state index contributed by atoms with van der Waals surface area (Å²) in [5.74, 6) is 0.122. The Kier molecular flexibility index (Phi) is 29.0. The highest BCUT2D eigenvalue weighted by molar-refractivity contribution is 5.88. The highest BCUT2D eigenvalue weighted by Crippen LogP contribution is 2.41. The number of rotatable bonds is 20. The molecular formula is C66H88O2. The molecule has 2 aliphatic rings. The monoisotopic (exact) mass is 913 g/mol. The number of carbonyl (C=O) groups is 2. The Balaban J connectivity index is 0.000000680. The summed E-state index contributed by atoms with van der Waals surface area (Å²) >= 11 is 0. The third-order valence-corrected chi connectivity index (χ3v) is 11.8. The van der Waals surface area contributed by atoms with E-state index < -0.39 is 0 Å². The zero-order valence-electron chi connectivity index (χ0n) is 45.2. The lowest BCUT2D eigenvalue weighted by molar-refractivity contribution is -0.113. The third kappa shape index (κ3) is 28.3. The van der Waals surface area contributed by atoms with Crippen LogP contribution in [-0.4, -0.2) is 11.6 Å². The predicted molar refractivity (Wildman–Crippen MR) is 303 cm³/mol. The smallest absolute Gasteiger partial charge is 0.152 e. The van der Waals surface area contributed by atoms with Crippen molar-refractivity contribution in [3.63, 3.8) is 0 Å². The molecule has 0 aromatic rings. The molecule has 0 bridgehead atoms. The maximum Gasteiger partial charge on any atom is 0.152 e. The van der Waals surface area contributed by atoms with E-state index in [1.54, 1.807) is 26.0 Å². The molecule has 0 aliphatic heterocycles.